The third kappa shape index (κ3) is 3.72. The number of ether oxygens (including phenoxy) is 1. The molecule has 4 heteroatoms. The van der Waals surface area contributed by atoms with E-state index in [-0.39, 0.29) is 42.0 Å². The molecular weight excluding hydrogens is 307 g/mol. The van der Waals surface area contributed by atoms with Gasteiger partial charge in [-0.05, 0) is 32.1 Å². The minimum Gasteiger partial charge on any atom is -1.00 e. The Labute approximate surface area is 114 Å². The maximum Gasteiger partial charge on any atom is 0.213 e. The van der Waals surface area contributed by atoms with Crippen LogP contribution in [0.4, 0.5) is 0 Å². The van der Waals surface area contributed by atoms with Crippen molar-refractivity contribution in [2.75, 3.05) is 6.61 Å². The van der Waals surface area contributed by atoms with Crippen LogP contribution < -0.4 is 17.0 Å². The second kappa shape index (κ2) is 5.79. The average molecular weight is 320 g/mol. The molecule has 15 heavy (non-hydrogen) atoms. The van der Waals surface area contributed by atoms with Gasteiger partial charge in [0, 0.05) is 31.5 Å². The van der Waals surface area contributed by atoms with E-state index in [1.165, 1.54) is 0 Å². The Bertz CT molecular complexity index is 352. The molecule has 2 aliphatic rings. The van der Waals surface area contributed by atoms with Crippen molar-refractivity contribution in [3.8, 4) is 0 Å². The second-order valence-electron chi connectivity index (χ2n) is 3.81. The Morgan fingerprint density at radius 3 is 2.60 bits per heavy atom. The Morgan fingerprint density at radius 2 is 2.13 bits per heavy atom. The Balaban J connectivity index is 0.000000980. The number of allylic oxidation sites excluding steroid dienone is 2. The van der Waals surface area contributed by atoms with Crippen LogP contribution >= 0.6 is 0 Å². The number of hydrogen-bond acceptors (Lipinski definition) is 2. The van der Waals surface area contributed by atoms with Gasteiger partial charge in [0.15, 0.2) is 0 Å². The van der Waals surface area contributed by atoms with Gasteiger partial charge in [0.1, 0.15) is 6.61 Å². The predicted octanol–water partition coefficient (Wildman–Crippen LogP) is -0.949. The van der Waals surface area contributed by atoms with E-state index >= 15 is 0 Å². The number of nitrogens with zero attached hydrogens (tertiary/aromatic N) is 1. The van der Waals surface area contributed by atoms with E-state index in [9.17, 15) is 0 Å². The van der Waals surface area contributed by atoms with Gasteiger partial charge in [-0.1, -0.05) is 0 Å². The molecule has 77 valence electrons. The summed E-state index contributed by atoms with van der Waals surface area (Å²) in [6.07, 6.45) is 7.65. The molecule has 0 bridgehead atoms. The summed E-state index contributed by atoms with van der Waals surface area (Å²) < 4.78 is 5.49. The van der Waals surface area contributed by atoms with Crippen LogP contribution in [0.1, 0.15) is 13.8 Å². The molecule has 0 atom stereocenters. The smallest absolute Gasteiger partial charge is 0.213 e. The average Bonchev–Trinajstić information content (AvgIpc) is 2.48. The quantitative estimate of drug-likeness (QED) is 0.451. The van der Waals surface area contributed by atoms with Crippen molar-refractivity contribution < 1.29 is 41.2 Å². The molecule has 0 N–H and O–H groups in total. The van der Waals surface area contributed by atoms with Crippen molar-refractivity contribution in [1.82, 2.24) is 0 Å². The summed E-state index contributed by atoms with van der Waals surface area (Å²) >= 11 is 0. The van der Waals surface area contributed by atoms with Gasteiger partial charge in [-0.3, -0.25) is 0 Å². The van der Waals surface area contributed by atoms with Gasteiger partial charge in [0.25, 0.3) is 0 Å². The zero-order valence-corrected chi connectivity index (χ0v) is 13.5. The maximum absolute atomic E-state index is 5.49. The van der Waals surface area contributed by atoms with Crippen LogP contribution in [0.5, 0.6) is 0 Å². The summed E-state index contributed by atoms with van der Waals surface area (Å²) in [5.41, 5.74) is 3.92. The first-order valence-corrected chi connectivity index (χ1v) is 4.36. The standard InChI is InChI=1S/C11H12NO.BrH.Zn/c1-11(2)8-13-10(12-11)9-6-4-3-5-7-9;;/h4-7H,8H2,1-2H3;1H;/p-1. The Hall–Kier alpha value is -0.167. The van der Waals surface area contributed by atoms with Gasteiger partial charge < -0.3 is 21.7 Å². The first-order chi connectivity index (χ1) is 6.17. The molecule has 0 aromatic rings. The van der Waals surface area contributed by atoms with Gasteiger partial charge >= 0.3 is 0 Å². The first kappa shape index (κ1) is 14.8. The number of rotatable bonds is 1. The minimum atomic E-state index is -0.0745. The summed E-state index contributed by atoms with van der Waals surface area (Å²) in [4.78, 5) is 4.47. The van der Waals surface area contributed by atoms with Gasteiger partial charge in [-0.2, -0.15) is 0 Å². The van der Waals surface area contributed by atoms with Crippen LogP contribution in [0, 0.1) is 6.42 Å². The number of hydrogen-bond donors (Lipinski definition) is 0. The van der Waals surface area contributed by atoms with Crippen molar-refractivity contribution in [1.29, 1.82) is 0 Å². The van der Waals surface area contributed by atoms with Crippen molar-refractivity contribution in [2.24, 2.45) is 4.99 Å². The van der Waals surface area contributed by atoms with E-state index in [1.807, 2.05) is 24.6 Å². The van der Waals surface area contributed by atoms with Crippen molar-refractivity contribution in [3.63, 3.8) is 0 Å². The monoisotopic (exact) mass is 317 g/mol. The molecule has 0 aromatic heterocycles. The van der Waals surface area contributed by atoms with Gasteiger partial charge in [-0.25, -0.2) is 4.99 Å². The van der Waals surface area contributed by atoms with Crippen LogP contribution in [-0.4, -0.2) is 18.0 Å². The summed E-state index contributed by atoms with van der Waals surface area (Å²) in [7, 11) is 0. The maximum atomic E-state index is 5.49. The minimum absolute atomic E-state index is 0. The largest absolute Gasteiger partial charge is 1.00 e. The van der Waals surface area contributed by atoms with E-state index in [2.05, 4.69) is 24.6 Å². The van der Waals surface area contributed by atoms with E-state index < -0.39 is 0 Å². The van der Waals surface area contributed by atoms with E-state index in [0.717, 1.165) is 11.5 Å². The molecule has 1 aliphatic heterocycles. The van der Waals surface area contributed by atoms with E-state index in [4.69, 9.17) is 4.74 Å². The van der Waals surface area contributed by atoms with Crippen molar-refractivity contribution >= 4 is 5.90 Å². The molecule has 0 amide bonds. The number of aliphatic imine (C=N–C) groups is 1. The summed E-state index contributed by atoms with van der Waals surface area (Å²) in [6.45, 7) is 4.80. The molecule has 0 unspecified atom stereocenters. The third-order valence-corrected chi connectivity index (χ3v) is 1.93. The summed E-state index contributed by atoms with van der Waals surface area (Å²) in [5.74, 6) is 0.749. The second-order valence-corrected chi connectivity index (χ2v) is 3.81. The molecule has 0 aromatic carbocycles. The van der Waals surface area contributed by atoms with Crippen molar-refractivity contribution in [2.45, 2.75) is 19.4 Å². The fourth-order valence-corrected chi connectivity index (χ4v) is 1.26. The van der Waals surface area contributed by atoms with Crippen LogP contribution in [0.2, 0.25) is 0 Å². The van der Waals surface area contributed by atoms with Gasteiger partial charge in [0.05, 0.1) is 5.54 Å². The SMILES string of the molecule is CC1(C)COC(C2=CC=C=C[CH]2)=N1.[Br-].[Zn]. The Morgan fingerprint density at radius 1 is 1.40 bits per heavy atom. The molecule has 2 rings (SSSR count). The zero-order chi connectivity index (χ0) is 9.31. The van der Waals surface area contributed by atoms with Crippen LogP contribution in [0.25, 0.3) is 0 Å². The van der Waals surface area contributed by atoms with E-state index in [0.29, 0.717) is 6.61 Å². The molecular formula is C11H12BrNOZn-. The summed E-state index contributed by atoms with van der Waals surface area (Å²) in [6, 6.07) is 0. The van der Waals surface area contributed by atoms with E-state index in [1.54, 1.807) is 0 Å². The van der Waals surface area contributed by atoms with Crippen LogP contribution in [0.15, 0.2) is 34.5 Å². The third-order valence-electron chi connectivity index (χ3n) is 1.93. The van der Waals surface area contributed by atoms with Crippen molar-refractivity contribution in [3.05, 3.63) is 36.0 Å². The molecule has 0 fully saturated rings. The fourth-order valence-electron chi connectivity index (χ4n) is 1.26. The number of halogens is 1. The topological polar surface area (TPSA) is 21.6 Å². The van der Waals surface area contributed by atoms with Crippen LogP contribution in [0.3, 0.4) is 0 Å². The summed E-state index contributed by atoms with van der Waals surface area (Å²) in [5, 5.41) is 0. The normalized spacial score (nSPS) is 20.7. The zero-order valence-electron chi connectivity index (χ0n) is 8.96. The van der Waals surface area contributed by atoms with Crippen LogP contribution in [-0.2, 0) is 24.2 Å². The van der Waals surface area contributed by atoms with Gasteiger partial charge in [0.2, 0.25) is 5.90 Å². The Kier molecular flexibility index (Phi) is 5.73. The fraction of sp³-hybridized carbons (Fsp3) is 0.364. The van der Waals surface area contributed by atoms with Gasteiger partial charge in [-0.15, -0.1) is 5.73 Å². The molecule has 1 heterocycles. The molecule has 0 saturated heterocycles. The first-order valence-electron chi connectivity index (χ1n) is 4.36. The predicted molar refractivity (Wildman–Crippen MR) is 52.5 cm³/mol. The molecule has 2 nitrogen and oxygen atoms in total. The molecule has 0 saturated carbocycles. The molecule has 1 radical (unpaired) electrons. The molecule has 0 spiro atoms. The molecule has 1 aliphatic carbocycles.